The van der Waals surface area contributed by atoms with Crippen molar-refractivity contribution >= 4 is 39.8 Å². The lowest BCUT2D eigenvalue weighted by atomic mass is 9.96. The highest BCUT2D eigenvalue weighted by atomic mass is 127. The molecule has 0 heterocycles. The Bertz CT molecular complexity index is 337. The predicted octanol–water partition coefficient (Wildman–Crippen LogP) is 0.886. The van der Waals surface area contributed by atoms with Crippen molar-refractivity contribution in [2.24, 2.45) is 10.7 Å². The van der Waals surface area contributed by atoms with E-state index < -0.39 is 9.84 Å². The van der Waals surface area contributed by atoms with Gasteiger partial charge in [0, 0.05) is 12.3 Å². The fourth-order valence-corrected chi connectivity index (χ4v) is 2.26. The Morgan fingerprint density at radius 1 is 1.35 bits per heavy atom. The van der Waals surface area contributed by atoms with Crippen molar-refractivity contribution in [1.29, 1.82) is 0 Å². The molecule has 102 valence electrons. The topological polar surface area (TPSA) is 84.5 Å². The van der Waals surface area contributed by atoms with E-state index in [1.54, 1.807) is 0 Å². The number of nitrogens with zero attached hydrogens (tertiary/aromatic N) is 1. The van der Waals surface area contributed by atoms with Crippen LogP contribution in [-0.4, -0.2) is 39.0 Å². The summed E-state index contributed by atoms with van der Waals surface area (Å²) in [7, 11) is -2.94. The molecule has 0 aromatic rings. The summed E-state index contributed by atoms with van der Waals surface area (Å²) in [6.07, 6.45) is 7.21. The summed E-state index contributed by atoms with van der Waals surface area (Å²) >= 11 is 0. The second kappa shape index (κ2) is 8.12. The van der Waals surface area contributed by atoms with Gasteiger partial charge in [-0.1, -0.05) is 19.3 Å². The van der Waals surface area contributed by atoms with E-state index in [0.29, 0.717) is 12.0 Å². The van der Waals surface area contributed by atoms with E-state index in [4.69, 9.17) is 5.73 Å². The zero-order valence-corrected chi connectivity index (χ0v) is 13.3. The van der Waals surface area contributed by atoms with Crippen LogP contribution >= 0.6 is 24.0 Å². The van der Waals surface area contributed by atoms with Gasteiger partial charge < -0.3 is 11.1 Å². The van der Waals surface area contributed by atoms with Gasteiger partial charge in [-0.25, -0.2) is 8.42 Å². The van der Waals surface area contributed by atoms with Crippen LogP contribution in [0.25, 0.3) is 0 Å². The van der Waals surface area contributed by atoms with Gasteiger partial charge in [0.25, 0.3) is 0 Å². The molecule has 5 nitrogen and oxygen atoms in total. The summed E-state index contributed by atoms with van der Waals surface area (Å²) in [4.78, 5) is 4.01. The van der Waals surface area contributed by atoms with Crippen LogP contribution in [0.1, 0.15) is 32.1 Å². The van der Waals surface area contributed by atoms with Gasteiger partial charge in [-0.05, 0) is 12.8 Å². The molecule has 17 heavy (non-hydrogen) atoms. The second-order valence-electron chi connectivity index (χ2n) is 4.38. The minimum Gasteiger partial charge on any atom is -0.370 e. The van der Waals surface area contributed by atoms with Gasteiger partial charge in [0.2, 0.25) is 0 Å². The lowest BCUT2D eigenvalue weighted by Crippen LogP contribution is -2.41. The van der Waals surface area contributed by atoms with Crippen molar-refractivity contribution in [1.82, 2.24) is 5.32 Å². The van der Waals surface area contributed by atoms with Crippen LogP contribution in [0, 0.1) is 0 Å². The molecule has 3 N–H and O–H groups in total. The molecule has 0 radical (unpaired) electrons. The van der Waals surface area contributed by atoms with Crippen LogP contribution in [0.3, 0.4) is 0 Å². The predicted molar refractivity (Wildman–Crippen MR) is 81.6 cm³/mol. The third kappa shape index (κ3) is 8.64. The fraction of sp³-hybridized carbons (Fsp3) is 0.900. The molecule has 1 saturated carbocycles. The van der Waals surface area contributed by atoms with Crippen LogP contribution in [0.15, 0.2) is 4.99 Å². The summed E-state index contributed by atoms with van der Waals surface area (Å²) < 4.78 is 21.7. The summed E-state index contributed by atoms with van der Waals surface area (Å²) in [6, 6.07) is 0.413. The zero-order chi connectivity index (χ0) is 12.0. The first-order valence-electron chi connectivity index (χ1n) is 5.71. The van der Waals surface area contributed by atoms with Crippen molar-refractivity contribution in [2.75, 3.05) is 18.6 Å². The first-order valence-corrected chi connectivity index (χ1v) is 7.77. The quantitative estimate of drug-likeness (QED) is 0.434. The number of guanidine groups is 1. The number of hydrogen-bond donors (Lipinski definition) is 2. The van der Waals surface area contributed by atoms with Gasteiger partial charge in [-0.3, -0.25) is 4.99 Å². The SMILES string of the molecule is CS(=O)(=O)CCN=C(N)NC1CCCCC1.I. The number of nitrogens with two attached hydrogens (primary N) is 1. The molecular formula is C10H22IN3O2S. The van der Waals surface area contributed by atoms with E-state index in [1.807, 2.05) is 0 Å². The number of hydrogen-bond acceptors (Lipinski definition) is 3. The van der Waals surface area contributed by atoms with Gasteiger partial charge in [0.05, 0.1) is 12.3 Å². The smallest absolute Gasteiger partial charge is 0.188 e. The van der Waals surface area contributed by atoms with E-state index in [-0.39, 0.29) is 36.3 Å². The molecule has 1 rings (SSSR count). The van der Waals surface area contributed by atoms with E-state index in [0.717, 1.165) is 12.8 Å². The third-order valence-electron chi connectivity index (χ3n) is 2.70. The molecule has 0 aromatic heterocycles. The number of aliphatic imine (C=N–C) groups is 1. The molecule has 1 fully saturated rings. The van der Waals surface area contributed by atoms with E-state index in [9.17, 15) is 8.42 Å². The molecule has 0 unspecified atom stereocenters. The van der Waals surface area contributed by atoms with Crippen molar-refractivity contribution in [2.45, 2.75) is 38.1 Å². The Hall–Kier alpha value is -0.0500. The van der Waals surface area contributed by atoms with Gasteiger partial charge in [0.1, 0.15) is 9.84 Å². The molecule has 0 atom stereocenters. The molecule has 0 aromatic carbocycles. The lowest BCUT2D eigenvalue weighted by molar-refractivity contribution is 0.412. The summed E-state index contributed by atoms with van der Waals surface area (Å²) in [6.45, 7) is 0.240. The highest BCUT2D eigenvalue weighted by molar-refractivity contribution is 14.0. The zero-order valence-electron chi connectivity index (χ0n) is 10.2. The molecule has 7 heteroatoms. The Labute approximate surface area is 121 Å². The number of nitrogens with one attached hydrogen (secondary N) is 1. The van der Waals surface area contributed by atoms with E-state index in [1.165, 1.54) is 25.5 Å². The molecule has 0 spiro atoms. The molecule has 0 bridgehead atoms. The largest absolute Gasteiger partial charge is 0.370 e. The first kappa shape index (κ1) is 16.9. The highest BCUT2D eigenvalue weighted by Crippen LogP contribution is 2.16. The van der Waals surface area contributed by atoms with Crippen LogP contribution < -0.4 is 11.1 Å². The molecule has 0 saturated heterocycles. The normalized spacial score (nSPS) is 18.5. The maximum Gasteiger partial charge on any atom is 0.188 e. The molecule has 1 aliphatic rings. The van der Waals surface area contributed by atoms with Gasteiger partial charge in [-0.15, -0.1) is 24.0 Å². The summed E-state index contributed by atoms with van der Waals surface area (Å²) in [5.41, 5.74) is 5.68. The fourth-order valence-electron chi connectivity index (χ4n) is 1.83. The van der Waals surface area contributed by atoms with Crippen LogP contribution in [0.4, 0.5) is 0 Å². The van der Waals surface area contributed by atoms with Crippen LogP contribution in [0.2, 0.25) is 0 Å². The van der Waals surface area contributed by atoms with E-state index >= 15 is 0 Å². The monoisotopic (exact) mass is 375 g/mol. The van der Waals surface area contributed by atoms with Crippen LogP contribution in [0.5, 0.6) is 0 Å². The minimum absolute atomic E-state index is 0. The lowest BCUT2D eigenvalue weighted by Gasteiger charge is -2.23. The second-order valence-corrected chi connectivity index (χ2v) is 6.64. The van der Waals surface area contributed by atoms with Crippen molar-refractivity contribution in [3.05, 3.63) is 0 Å². The van der Waals surface area contributed by atoms with Crippen molar-refractivity contribution < 1.29 is 8.42 Å². The van der Waals surface area contributed by atoms with Gasteiger partial charge >= 0.3 is 0 Å². The average Bonchev–Trinajstić information content (AvgIpc) is 2.17. The highest BCUT2D eigenvalue weighted by Gasteiger charge is 2.13. The Balaban J connectivity index is 0.00000256. The Morgan fingerprint density at radius 3 is 2.47 bits per heavy atom. The van der Waals surface area contributed by atoms with Crippen molar-refractivity contribution in [3.8, 4) is 0 Å². The number of halogens is 1. The maximum absolute atomic E-state index is 10.9. The Kier molecular flexibility index (Phi) is 8.10. The first-order chi connectivity index (χ1) is 7.47. The number of rotatable bonds is 4. The molecular weight excluding hydrogens is 353 g/mol. The maximum atomic E-state index is 10.9. The molecule has 1 aliphatic carbocycles. The summed E-state index contributed by atoms with van der Waals surface area (Å²) in [5, 5.41) is 3.14. The molecule has 0 aliphatic heterocycles. The van der Waals surface area contributed by atoms with E-state index in [2.05, 4.69) is 10.3 Å². The van der Waals surface area contributed by atoms with Gasteiger partial charge in [-0.2, -0.15) is 0 Å². The minimum atomic E-state index is -2.94. The third-order valence-corrected chi connectivity index (χ3v) is 3.63. The Morgan fingerprint density at radius 2 is 1.94 bits per heavy atom. The number of sulfone groups is 1. The standard InChI is InChI=1S/C10H21N3O2S.HI/c1-16(14,15)8-7-12-10(11)13-9-5-3-2-4-6-9;/h9H,2-8H2,1H3,(H3,11,12,13);1H. The molecule has 0 amide bonds. The van der Waals surface area contributed by atoms with Crippen molar-refractivity contribution in [3.63, 3.8) is 0 Å². The summed E-state index contributed by atoms with van der Waals surface area (Å²) in [5.74, 6) is 0.426. The van der Waals surface area contributed by atoms with Gasteiger partial charge in [0.15, 0.2) is 5.96 Å². The average molecular weight is 375 g/mol. The van der Waals surface area contributed by atoms with Crippen LogP contribution in [-0.2, 0) is 9.84 Å².